The number of nitrogens with one attached hydrogen (secondary N) is 1. The van der Waals surface area contributed by atoms with E-state index in [0.717, 1.165) is 10.0 Å². The third-order valence-electron chi connectivity index (χ3n) is 1.74. The van der Waals surface area contributed by atoms with Crippen LogP contribution in [0.15, 0.2) is 29.1 Å². The van der Waals surface area contributed by atoms with Crippen molar-refractivity contribution >= 4 is 15.9 Å². The summed E-state index contributed by atoms with van der Waals surface area (Å²) in [5.41, 5.74) is 1.96. The predicted molar refractivity (Wildman–Crippen MR) is 54.2 cm³/mol. The average Bonchev–Trinajstić information content (AvgIpc) is 2.65. The van der Waals surface area contributed by atoms with E-state index in [1.807, 2.05) is 6.07 Å². The summed E-state index contributed by atoms with van der Waals surface area (Å²) in [5, 5.41) is 15.4. The molecule has 68 valence electrons. The van der Waals surface area contributed by atoms with Gasteiger partial charge in [0.15, 0.2) is 0 Å². The quantitative estimate of drug-likeness (QED) is 0.841. The van der Waals surface area contributed by atoms with E-state index < -0.39 is 0 Å². The number of hydrogen-bond donors (Lipinski definition) is 1. The molecule has 0 unspecified atom stereocenters. The molecule has 0 spiro atoms. The average molecular weight is 249 g/mol. The summed E-state index contributed by atoms with van der Waals surface area (Å²) in [6.45, 7) is 0. The molecule has 14 heavy (non-hydrogen) atoms. The van der Waals surface area contributed by atoms with Crippen molar-refractivity contribution in [2.24, 2.45) is 0 Å². The Labute approximate surface area is 88.7 Å². The van der Waals surface area contributed by atoms with E-state index in [4.69, 9.17) is 5.26 Å². The van der Waals surface area contributed by atoms with Gasteiger partial charge in [-0.15, -0.1) is 0 Å². The first-order valence-corrected chi connectivity index (χ1v) is 4.65. The van der Waals surface area contributed by atoms with Crippen LogP contribution in [0.2, 0.25) is 0 Å². The Balaban J connectivity index is 2.56. The molecule has 5 heteroatoms. The maximum Gasteiger partial charge on any atom is 0.111 e. The zero-order chi connectivity index (χ0) is 9.97. The second kappa shape index (κ2) is 3.60. The molecule has 2 aromatic rings. The molecule has 0 aromatic carbocycles. The molecule has 0 aliphatic carbocycles. The SMILES string of the molecule is N#Cc1c[nH]nc1-c1cncc(Br)c1. The number of aromatic nitrogens is 3. The Kier molecular flexibility index (Phi) is 2.29. The molecule has 0 radical (unpaired) electrons. The minimum absolute atomic E-state index is 0.518. The van der Waals surface area contributed by atoms with Gasteiger partial charge in [0.25, 0.3) is 0 Å². The molecular weight excluding hydrogens is 244 g/mol. The molecule has 0 saturated heterocycles. The number of nitrogens with zero attached hydrogens (tertiary/aromatic N) is 3. The van der Waals surface area contributed by atoms with Crippen LogP contribution in [0.3, 0.4) is 0 Å². The summed E-state index contributed by atoms with van der Waals surface area (Å²) < 4.78 is 0.863. The van der Waals surface area contributed by atoms with Gasteiger partial charge in [0.05, 0.1) is 5.56 Å². The minimum atomic E-state index is 0.518. The highest BCUT2D eigenvalue weighted by Gasteiger charge is 2.07. The summed E-state index contributed by atoms with van der Waals surface area (Å²) in [6.07, 6.45) is 4.92. The zero-order valence-corrected chi connectivity index (χ0v) is 8.62. The first-order chi connectivity index (χ1) is 6.81. The topological polar surface area (TPSA) is 65.4 Å². The van der Waals surface area contributed by atoms with Crippen LogP contribution in [0, 0.1) is 11.3 Å². The molecule has 0 aliphatic rings. The third kappa shape index (κ3) is 1.52. The first kappa shape index (κ1) is 8.91. The third-order valence-corrected chi connectivity index (χ3v) is 2.17. The highest BCUT2D eigenvalue weighted by Crippen LogP contribution is 2.22. The minimum Gasteiger partial charge on any atom is -0.284 e. The Bertz CT molecular complexity index is 498. The fraction of sp³-hybridized carbons (Fsp3) is 0. The molecular formula is C9H5BrN4. The van der Waals surface area contributed by atoms with Gasteiger partial charge in [-0.05, 0) is 22.0 Å². The molecule has 4 nitrogen and oxygen atoms in total. The number of rotatable bonds is 1. The lowest BCUT2D eigenvalue weighted by molar-refractivity contribution is 1.09. The lowest BCUT2D eigenvalue weighted by Gasteiger charge is -1.96. The maximum absolute atomic E-state index is 8.80. The number of H-pyrrole nitrogens is 1. The van der Waals surface area contributed by atoms with Crippen LogP contribution < -0.4 is 0 Å². The molecule has 0 fully saturated rings. The fourth-order valence-corrected chi connectivity index (χ4v) is 1.50. The lowest BCUT2D eigenvalue weighted by Crippen LogP contribution is -1.83. The first-order valence-electron chi connectivity index (χ1n) is 3.86. The van der Waals surface area contributed by atoms with Crippen molar-refractivity contribution < 1.29 is 0 Å². The fourth-order valence-electron chi connectivity index (χ4n) is 1.14. The zero-order valence-electron chi connectivity index (χ0n) is 7.03. The van der Waals surface area contributed by atoms with Gasteiger partial charge in [-0.1, -0.05) is 0 Å². The summed E-state index contributed by atoms with van der Waals surface area (Å²) in [7, 11) is 0. The molecule has 1 N–H and O–H groups in total. The Hall–Kier alpha value is -1.67. The van der Waals surface area contributed by atoms with E-state index in [-0.39, 0.29) is 0 Å². The van der Waals surface area contributed by atoms with Crippen molar-refractivity contribution in [2.75, 3.05) is 0 Å². The van der Waals surface area contributed by atoms with E-state index >= 15 is 0 Å². The molecule has 2 aromatic heterocycles. The predicted octanol–water partition coefficient (Wildman–Crippen LogP) is 2.11. The van der Waals surface area contributed by atoms with Crippen LogP contribution in [-0.2, 0) is 0 Å². The van der Waals surface area contributed by atoms with Gasteiger partial charge in [0.1, 0.15) is 11.8 Å². The monoisotopic (exact) mass is 248 g/mol. The van der Waals surface area contributed by atoms with Crippen molar-refractivity contribution in [2.45, 2.75) is 0 Å². The van der Waals surface area contributed by atoms with Gasteiger partial charge >= 0.3 is 0 Å². The largest absolute Gasteiger partial charge is 0.284 e. The van der Waals surface area contributed by atoms with E-state index in [2.05, 4.69) is 37.2 Å². The van der Waals surface area contributed by atoms with Crippen LogP contribution in [0.1, 0.15) is 5.56 Å². The van der Waals surface area contributed by atoms with Gasteiger partial charge in [0, 0.05) is 28.6 Å². The van der Waals surface area contributed by atoms with Crippen LogP contribution in [0.5, 0.6) is 0 Å². The van der Waals surface area contributed by atoms with E-state index in [1.54, 1.807) is 18.6 Å². The summed E-state index contributed by atoms with van der Waals surface area (Å²) in [4.78, 5) is 4.01. The summed E-state index contributed by atoms with van der Waals surface area (Å²) in [6, 6.07) is 3.92. The van der Waals surface area contributed by atoms with Crippen molar-refractivity contribution in [3.05, 3.63) is 34.7 Å². The summed E-state index contributed by atoms with van der Waals surface area (Å²) >= 11 is 3.31. The normalized spacial score (nSPS) is 9.71. The number of aromatic amines is 1. The van der Waals surface area contributed by atoms with E-state index in [0.29, 0.717) is 11.3 Å². The van der Waals surface area contributed by atoms with Crippen molar-refractivity contribution in [3.63, 3.8) is 0 Å². The standard InChI is InChI=1S/C9H5BrN4/c10-8-1-6(3-12-5-8)9-7(2-11)4-13-14-9/h1,3-5H,(H,13,14). The van der Waals surface area contributed by atoms with Crippen LogP contribution in [0.25, 0.3) is 11.3 Å². The second-order valence-electron chi connectivity index (χ2n) is 2.65. The van der Waals surface area contributed by atoms with Crippen molar-refractivity contribution in [1.29, 1.82) is 5.26 Å². The smallest absolute Gasteiger partial charge is 0.111 e. The van der Waals surface area contributed by atoms with Gasteiger partial charge in [0.2, 0.25) is 0 Å². The van der Waals surface area contributed by atoms with Crippen LogP contribution >= 0.6 is 15.9 Å². The molecule has 0 aliphatic heterocycles. The van der Waals surface area contributed by atoms with Crippen LogP contribution in [-0.4, -0.2) is 15.2 Å². The number of pyridine rings is 1. The molecule has 0 bridgehead atoms. The molecule has 0 amide bonds. The summed E-state index contributed by atoms with van der Waals surface area (Å²) in [5.74, 6) is 0. The van der Waals surface area contributed by atoms with Gasteiger partial charge < -0.3 is 0 Å². The van der Waals surface area contributed by atoms with Crippen molar-refractivity contribution in [1.82, 2.24) is 15.2 Å². The van der Waals surface area contributed by atoms with Crippen molar-refractivity contribution in [3.8, 4) is 17.3 Å². The van der Waals surface area contributed by atoms with E-state index in [9.17, 15) is 0 Å². The molecule has 2 rings (SSSR count). The molecule has 2 heterocycles. The van der Waals surface area contributed by atoms with Gasteiger partial charge in [-0.3, -0.25) is 10.1 Å². The van der Waals surface area contributed by atoms with Gasteiger partial charge in [-0.2, -0.15) is 10.4 Å². The molecule has 0 atom stereocenters. The Morgan fingerprint density at radius 1 is 1.43 bits per heavy atom. The Morgan fingerprint density at radius 3 is 3.00 bits per heavy atom. The number of halogens is 1. The van der Waals surface area contributed by atoms with E-state index in [1.165, 1.54) is 0 Å². The molecule has 0 saturated carbocycles. The van der Waals surface area contributed by atoms with Crippen LogP contribution in [0.4, 0.5) is 0 Å². The number of hydrogen-bond acceptors (Lipinski definition) is 3. The maximum atomic E-state index is 8.80. The highest BCUT2D eigenvalue weighted by atomic mass is 79.9. The number of nitriles is 1. The second-order valence-corrected chi connectivity index (χ2v) is 3.57. The highest BCUT2D eigenvalue weighted by molar-refractivity contribution is 9.10. The Morgan fingerprint density at radius 2 is 2.29 bits per heavy atom. The lowest BCUT2D eigenvalue weighted by atomic mass is 10.1. The van der Waals surface area contributed by atoms with Gasteiger partial charge in [-0.25, -0.2) is 0 Å².